The Morgan fingerprint density at radius 2 is 2.06 bits per heavy atom. The van der Waals surface area contributed by atoms with E-state index >= 15 is 0 Å². The number of rotatable bonds is 9. The Bertz CT molecular complexity index is 1530. The van der Waals surface area contributed by atoms with Crippen LogP contribution in [0.4, 0.5) is 21.5 Å². The zero-order chi connectivity index (χ0) is 24.5. The molecule has 4 heterocycles. The summed E-state index contributed by atoms with van der Waals surface area (Å²) in [5.41, 5.74) is 11.0. The molecule has 5 aromatic rings. The molecule has 0 bridgehead atoms. The second-order valence-electron chi connectivity index (χ2n) is 8.85. The summed E-state index contributed by atoms with van der Waals surface area (Å²) in [4.78, 5) is 22.6. The Balaban J connectivity index is 1.12. The van der Waals surface area contributed by atoms with Crippen molar-refractivity contribution in [2.75, 3.05) is 22.9 Å². The number of carbonyl (C=O) groups excluding carboxylic acids is 1. The third kappa shape index (κ3) is 4.97. The fourth-order valence-electron chi connectivity index (χ4n) is 3.94. The molecule has 0 spiro atoms. The average molecular weight is 516 g/mol. The van der Waals surface area contributed by atoms with Gasteiger partial charge in [-0.15, -0.1) is 22.7 Å². The number of pyridine rings is 1. The van der Waals surface area contributed by atoms with E-state index in [1.54, 1.807) is 18.2 Å². The van der Waals surface area contributed by atoms with Crippen LogP contribution in [0.2, 0.25) is 0 Å². The molecular weight excluding hydrogens is 490 g/mol. The number of hydrogen-bond acceptors (Lipinski definition) is 8. The number of amides is 1. The molecule has 0 unspecified atom stereocenters. The average Bonchev–Trinajstić information content (AvgIpc) is 3.23. The molecule has 4 aromatic heterocycles. The second-order valence-corrected chi connectivity index (χ2v) is 10.8. The van der Waals surface area contributed by atoms with Gasteiger partial charge in [0.1, 0.15) is 11.3 Å². The molecule has 1 saturated carbocycles. The van der Waals surface area contributed by atoms with Crippen LogP contribution in [0.15, 0.2) is 66.3 Å². The topological polar surface area (TPSA) is 109 Å². The lowest BCUT2D eigenvalue weighted by molar-refractivity contribution is 0.103. The first-order chi connectivity index (χ1) is 17.6. The van der Waals surface area contributed by atoms with Crippen LogP contribution in [0.5, 0.6) is 0 Å². The van der Waals surface area contributed by atoms with Crippen LogP contribution in [0, 0.1) is 5.92 Å². The highest BCUT2D eigenvalue weighted by Gasteiger charge is 2.20. The lowest BCUT2D eigenvalue weighted by atomic mass is 10.2. The van der Waals surface area contributed by atoms with E-state index in [2.05, 4.69) is 43.7 Å². The maximum absolute atomic E-state index is 12.6. The van der Waals surface area contributed by atoms with Gasteiger partial charge in [-0.1, -0.05) is 12.1 Å². The third-order valence-electron chi connectivity index (χ3n) is 6.07. The molecule has 36 heavy (non-hydrogen) atoms. The summed E-state index contributed by atoms with van der Waals surface area (Å²) in [6.45, 7) is 1.96. The number of fused-ring (bicyclic) bond motifs is 1. The number of carbonyl (C=O) groups is 1. The fourth-order valence-corrected chi connectivity index (χ4v) is 5.52. The molecule has 0 atom stereocenters. The first kappa shape index (κ1) is 22.7. The van der Waals surface area contributed by atoms with Gasteiger partial charge >= 0.3 is 0 Å². The van der Waals surface area contributed by atoms with Crippen molar-refractivity contribution >= 4 is 55.7 Å². The molecular formula is C26H25N7OS2. The molecule has 6 rings (SSSR count). The molecule has 1 amide bonds. The van der Waals surface area contributed by atoms with E-state index in [4.69, 9.17) is 10.7 Å². The van der Waals surface area contributed by atoms with Gasteiger partial charge in [0.15, 0.2) is 5.13 Å². The minimum atomic E-state index is -0.196. The van der Waals surface area contributed by atoms with Crippen LogP contribution in [0.3, 0.4) is 0 Å². The van der Waals surface area contributed by atoms with E-state index in [1.165, 1.54) is 41.1 Å². The van der Waals surface area contributed by atoms with E-state index in [0.717, 1.165) is 46.2 Å². The normalized spacial score (nSPS) is 13.2. The standard InChI is InChI=1S/C26H25N7OS2/c27-18-3-1-2-4-19(18)30-25(34)22-7-8-24(36-22)32-26-31-20(15-35-26)21-14-29-23-11-17(9-10-33(21)23)13-28-12-16-5-6-16/h1-4,7-11,14-16,28H,5-6,12-13,27H2,(H,30,34)(H,31,32). The molecule has 1 aliphatic rings. The Hall–Kier alpha value is -3.73. The van der Waals surface area contributed by atoms with Crippen LogP contribution in [-0.2, 0) is 6.54 Å². The number of thiophene rings is 1. The number of para-hydroxylation sites is 2. The summed E-state index contributed by atoms with van der Waals surface area (Å²) < 4.78 is 2.06. The van der Waals surface area contributed by atoms with Crippen LogP contribution in [0.25, 0.3) is 17.0 Å². The van der Waals surface area contributed by atoms with Gasteiger partial charge in [0.2, 0.25) is 0 Å². The third-order valence-corrected chi connectivity index (χ3v) is 7.83. The first-order valence-corrected chi connectivity index (χ1v) is 13.5. The summed E-state index contributed by atoms with van der Waals surface area (Å²) >= 11 is 2.88. The largest absolute Gasteiger partial charge is 0.397 e. The van der Waals surface area contributed by atoms with Gasteiger partial charge in [-0.05, 0) is 67.3 Å². The van der Waals surface area contributed by atoms with Gasteiger partial charge in [0, 0.05) is 18.1 Å². The van der Waals surface area contributed by atoms with Crippen molar-refractivity contribution in [3.05, 3.63) is 76.7 Å². The number of nitrogens with two attached hydrogens (primary N) is 1. The van der Waals surface area contributed by atoms with Crippen LogP contribution < -0.4 is 21.7 Å². The van der Waals surface area contributed by atoms with Crippen LogP contribution in [-0.4, -0.2) is 26.8 Å². The maximum Gasteiger partial charge on any atom is 0.265 e. The van der Waals surface area contributed by atoms with Gasteiger partial charge in [0.05, 0.1) is 33.1 Å². The summed E-state index contributed by atoms with van der Waals surface area (Å²) in [6.07, 6.45) is 6.63. The number of thiazole rings is 1. The second kappa shape index (κ2) is 9.73. The minimum absolute atomic E-state index is 0.196. The van der Waals surface area contributed by atoms with E-state index in [0.29, 0.717) is 16.3 Å². The lowest BCUT2D eigenvalue weighted by Crippen LogP contribution is -2.16. The smallest absolute Gasteiger partial charge is 0.265 e. The molecule has 1 aliphatic carbocycles. The Labute approximate surface area is 216 Å². The summed E-state index contributed by atoms with van der Waals surface area (Å²) in [7, 11) is 0. The predicted octanol–water partition coefficient (Wildman–Crippen LogP) is 5.60. The van der Waals surface area contributed by atoms with E-state index in [-0.39, 0.29) is 5.91 Å². The van der Waals surface area contributed by atoms with Gasteiger partial charge in [-0.2, -0.15) is 0 Å². The van der Waals surface area contributed by atoms with Crippen molar-refractivity contribution in [2.45, 2.75) is 19.4 Å². The molecule has 10 heteroatoms. The van der Waals surface area contributed by atoms with Crippen LogP contribution in [0.1, 0.15) is 28.1 Å². The highest BCUT2D eigenvalue weighted by Crippen LogP contribution is 2.31. The summed E-state index contributed by atoms with van der Waals surface area (Å²) in [5.74, 6) is 0.671. The van der Waals surface area contributed by atoms with Crippen molar-refractivity contribution in [3.8, 4) is 11.4 Å². The lowest BCUT2D eigenvalue weighted by Gasteiger charge is -2.06. The maximum atomic E-state index is 12.6. The first-order valence-electron chi connectivity index (χ1n) is 11.8. The molecule has 0 saturated heterocycles. The molecule has 0 aliphatic heterocycles. The number of nitrogens with zero attached hydrogens (tertiary/aromatic N) is 3. The number of nitrogen functional groups attached to an aromatic ring is 1. The van der Waals surface area contributed by atoms with Crippen molar-refractivity contribution in [2.24, 2.45) is 5.92 Å². The molecule has 1 aromatic carbocycles. The van der Waals surface area contributed by atoms with Crippen molar-refractivity contribution in [1.29, 1.82) is 0 Å². The quantitative estimate of drug-likeness (QED) is 0.190. The summed E-state index contributed by atoms with van der Waals surface area (Å²) in [5, 5.41) is 13.3. The minimum Gasteiger partial charge on any atom is -0.397 e. The van der Waals surface area contributed by atoms with Crippen molar-refractivity contribution in [1.82, 2.24) is 19.7 Å². The predicted molar refractivity (Wildman–Crippen MR) is 147 cm³/mol. The Morgan fingerprint density at radius 1 is 1.17 bits per heavy atom. The Morgan fingerprint density at radius 3 is 2.92 bits per heavy atom. The zero-order valence-corrected chi connectivity index (χ0v) is 21.0. The number of anilines is 4. The summed E-state index contributed by atoms with van der Waals surface area (Å²) in [6, 6.07) is 15.1. The Kier molecular flexibility index (Phi) is 6.14. The molecule has 1 fully saturated rings. The van der Waals surface area contributed by atoms with Crippen molar-refractivity contribution < 1.29 is 4.79 Å². The fraction of sp³-hybridized carbons (Fsp3) is 0.192. The van der Waals surface area contributed by atoms with Gasteiger partial charge < -0.3 is 21.7 Å². The highest BCUT2D eigenvalue weighted by atomic mass is 32.1. The zero-order valence-electron chi connectivity index (χ0n) is 19.4. The van der Waals surface area contributed by atoms with E-state index in [9.17, 15) is 4.79 Å². The van der Waals surface area contributed by atoms with Crippen LogP contribution >= 0.6 is 22.7 Å². The van der Waals surface area contributed by atoms with Crippen molar-refractivity contribution in [3.63, 3.8) is 0 Å². The molecule has 182 valence electrons. The van der Waals surface area contributed by atoms with Gasteiger partial charge in [0.25, 0.3) is 5.91 Å². The number of hydrogen-bond donors (Lipinski definition) is 4. The SMILES string of the molecule is Nc1ccccc1NC(=O)c1ccc(Nc2nc(-c3cnc4cc(CNCC5CC5)ccn34)cs2)s1. The molecule has 5 N–H and O–H groups in total. The monoisotopic (exact) mass is 515 g/mol. The number of nitrogens with one attached hydrogen (secondary N) is 3. The van der Waals surface area contributed by atoms with E-state index < -0.39 is 0 Å². The number of aromatic nitrogens is 3. The highest BCUT2D eigenvalue weighted by molar-refractivity contribution is 7.19. The van der Waals surface area contributed by atoms with Gasteiger partial charge in [-0.3, -0.25) is 9.20 Å². The number of benzene rings is 1. The molecule has 0 radical (unpaired) electrons. The molecule has 8 nitrogen and oxygen atoms in total. The number of imidazole rings is 1. The van der Waals surface area contributed by atoms with Gasteiger partial charge in [-0.25, -0.2) is 9.97 Å². The van der Waals surface area contributed by atoms with E-state index in [1.807, 2.05) is 29.8 Å².